The zero-order valence-corrected chi connectivity index (χ0v) is 17.4. The van der Waals surface area contributed by atoms with Crippen molar-refractivity contribution in [2.45, 2.75) is 50.7 Å². The first-order valence-corrected chi connectivity index (χ1v) is 10.5. The number of carbonyl (C=O) groups excluding carboxylic acids is 1. The lowest BCUT2D eigenvalue weighted by molar-refractivity contribution is -0.152. The topological polar surface area (TPSA) is 80.6 Å². The lowest BCUT2D eigenvalue weighted by Gasteiger charge is -2.39. The number of aromatic nitrogens is 3. The number of halogens is 3. The van der Waals surface area contributed by atoms with Gasteiger partial charge in [-0.2, -0.15) is 18.2 Å². The largest absolute Gasteiger partial charge is 0.408 e. The Balaban J connectivity index is 1.55. The van der Waals surface area contributed by atoms with E-state index in [2.05, 4.69) is 9.97 Å². The lowest BCUT2D eigenvalue weighted by atomic mass is 10.0. The second-order valence-electron chi connectivity index (χ2n) is 8.49. The van der Waals surface area contributed by atoms with Crippen molar-refractivity contribution < 1.29 is 22.7 Å². The average Bonchev–Trinajstić information content (AvgIpc) is 3.37. The number of ether oxygens (including phenoxy) is 1. The van der Waals surface area contributed by atoms with Crippen molar-refractivity contribution in [1.82, 2.24) is 14.5 Å². The Morgan fingerprint density at radius 2 is 2.16 bits per heavy atom. The van der Waals surface area contributed by atoms with Gasteiger partial charge in [0.15, 0.2) is 5.78 Å². The van der Waals surface area contributed by atoms with Crippen molar-refractivity contribution in [2.24, 2.45) is 0 Å². The molecule has 0 spiro atoms. The molecule has 170 valence electrons. The van der Waals surface area contributed by atoms with E-state index in [4.69, 9.17) is 4.74 Å². The summed E-state index contributed by atoms with van der Waals surface area (Å²) in [5.74, 6) is -0.305. The minimum absolute atomic E-state index is 0.0368. The molecule has 32 heavy (non-hydrogen) atoms. The summed E-state index contributed by atoms with van der Waals surface area (Å²) in [5.41, 5.74) is 0.445. The van der Waals surface area contributed by atoms with Gasteiger partial charge in [0.25, 0.3) is 5.56 Å². The summed E-state index contributed by atoms with van der Waals surface area (Å²) in [7, 11) is 0. The van der Waals surface area contributed by atoms with Crippen LogP contribution in [-0.2, 0) is 11.3 Å². The van der Waals surface area contributed by atoms with Crippen LogP contribution in [-0.4, -0.2) is 64.4 Å². The van der Waals surface area contributed by atoms with Gasteiger partial charge in [-0.1, -0.05) is 0 Å². The Kier molecular flexibility index (Phi) is 4.95. The molecule has 2 fully saturated rings. The van der Waals surface area contributed by atoms with Crippen molar-refractivity contribution in [1.29, 1.82) is 0 Å². The molecule has 0 N–H and O–H groups in total. The van der Waals surface area contributed by atoms with Gasteiger partial charge < -0.3 is 14.5 Å². The number of nitrogens with zero attached hydrogens (tertiary/aromatic N) is 5. The van der Waals surface area contributed by atoms with E-state index in [1.54, 1.807) is 13.0 Å². The van der Waals surface area contributed by atoms with Crippen LogP contribution in [0.3, 0.4) is 0 Å². The fourth-order valence-corrected chi connectivity index (χ4v) is 4.80. The number of hydrogen-bond acceptors (Lipinski definition) is 7. The monoisotopic (exact) mass is 449 g/mol. The van der Waals surface area contributed by atoms with Crippen LogP contribution in [0.15, 0.2) is 29.3 Å². The van der Waals surface area contributed by atoms with Crippen LogP contribution < -0.4 is 15.4 Å². The maximum atomic E-state index is 13.9. The first-order chi connectivity index (χ1) is 15.2. The van der Waals surface area contributed by atoms with E-state index in [-0.39, 0.29) is 36.6 Å². The first kappa shape index (κ1) is 20.9. The number of rotatable bonds is 4. The molecule has 8 nitrogen and oxygen atoms in total. The molecule has 3 unspecified atom stereocenters. The van der Waals surface area contributed by atoms with Crippen molar-refractivity contribution in [3.8, 4) is 0 Å². The Labute approximate surface area is 181 Å². The molecule has 0 radical (unpaired) electrons. The molecule has 0 aromatic carbocycles. The van der Waals surface area contributed by atoms with Crippen LogP contribution in [0.4, 0.5) is 24.9 Å². The van der Waals surface area contributed by atoms with Gasteiger partial charge in [-0.3, -0.25) is 19.1 Å². The highest BCUT2D eigenvalue weighted by molar-refractivity contribution is 6.00. The smallest absolute Gasteiger partial charge is 0.374 e. The van der Waals surface area contributed by atoms with Gasteiger partial charge in [0, 0.05) is 37.1 Å². The second kappa shape index (κ2) is 7.58. The molecule has 0 saturated carbocycles. The van der Waals surface area contributed by atoms with E-state index in [9.17, 15) is 22.8 Å². The molecule has 0 aliphatic carbocycles. The third kappa shape index (κ3) is 3.54. The van der Waals surface area contributed by atoms with Crippen molar-refractivity contribution in [3.63, 3.8) is 0 Å². The number of morpholine rings is 1. The number of ketones is 1. The molecule has 2 aromatic rings. The van der Waals surface area contributed by atoms with E-state index in [1.807, 2.05) is 4.90 Å². The summed E-state index contributed by atoms with van der Waals surface area (Å²) >= 11 is 0. The number of hydrogen-bond donors (Lipinski definition) is 0. The van der Waals surface area contributed by atoms with Crippen LogP contribution in [0.1, 0.15) is 28.8 Å². The molecule has 2 saturated heterocycles. The van der Waals surface area contributed by atoms with Gasteiger partial charge in [0.2, 0.25) is 5.95 Å². The van der Waals surface area contributed by atoms with E-state index in [0.29, 0.717) is 24.5 Å². The maximum absolute atomic E-state index is 13.9. The third-order valence-electron chi connectivity index (χ3n) is 6.46. The fraction of sp³-hybridized carbons (Fsp3) is 0.524. The predicted molar refractivity (Wildman–Crippen MR) is 109 cm³/mol. The molecule has 0 amide bonds. The molecule has 3 aliphatic heterocycles. The molecule has 5 rings (SSSR count). The van der Waals surface area contributed by atoms with E-state index < -0.39 is 30.1 Å². The van der Waals surface area contributed by atoms with Crippen LogP contribution in [0.2, 0.25) is 0 Å². The number of Topliss-reactive ketones (excluding diaryl/α,β-unsaturated/α-hetero) is 1. The average molecular weight is 449 g/mol. The van der Waals surface area contributed by atoms with Gasteiger partial charge in [0.1, 0.15) is 11.9 Å². The van der Waals surface area contributed by atoms with Crippen molar-refractivity contribution in [2.75, 3.05) is 29.5 Å². The van der Waals surface area contributed by atoms with Gasteiger partial charge in [0.05, 0.1) is 25.3 Å². The number of aryl methyl sites for hydroxylation is 1. The summed E-state index contributed by atoms with van der Waals surface area (Å²) < 4.78 is 48.6. The van der Waals surface area contributed by atoms with Crippen molar-refractivity contribution in [3.05, 3.63) is 46.0 Å². The van der Waals surface area contributed by atoms with Gasteiger partial charge >= 0.3 is 6.18 Å². The second-order valence-corrected chi connectivity index (χ2v) is 8.49. The van der Waals surface area contributed by atoms with Crippen LogP contribution in [0.25, 0.3) is 0 Å². The molecular weight excluding hydrogens is 427 g/mol. The van der Waals surface area contributed by atoms with E-state index >= 15 is 0 Å². The SMILES string of the molecule is Cc1ccncc1C(=O)CN1c2nc(N3CC4CC3CO4)cc(=O)n2CCC1C(F)(F)F. The summed E-state index contributed by atoms with van der Waals surface area (Å²) in [6.45, 7) is 2.07. The minimum Gasteiger partial charge on any atom is -0.374 e. The number of pyridine rings is 1. The zero-order chi connectivity index (χ0) is 22.6. The van der Waals surface area contributed by atoms with Crippen LogP contribution >= 0.6 is 0 Å². The van der Waals surface area contributed by atoms with E-state index in [0.717, 1.165) is 11.3 Å². The Morgan fingerprint density at radius 3 is 2.81 bits per heavy atom. The molecule has 5 heterocycles. The van der Waals surface area contributed by atoms with Gasteiger partial charge in [-0.25, -0.2) is 0 Å². The Bertz CT molecular complexity index is 1120. The third-order valence-corrected chi connectivity index (χ3v) is 6.46. The molecule has 2 bridgehead atoms. The lowest BCUT2D eigenvalue weighted by Crippen LogP contribution is -2.54. The highest BCUT2D eigenvalue weighted by atomic mass is 19.4. The first-order valence-electron chi connectivity index (χ1n) is 10.5. The minimum atomic E-state index is -4.58. The number of carbonyl (C=O) groups is 1. The van der Waals surface area contributed by atoms with Crippen LogP contribution in [0.5, 0.6) is 0 Å². The standard InChI is InChI=1S/C21H22F3N5O3/c1-12-2-4-25-8-15(12)16(30)10-29-17(21(22,23)24)3-5-27-19(31)7-18(26-20(27)29)28-9-14-6-13(28)11-32-14/h2,4,7-8,13-14,17H,3,5-6,9-11H2,1H3. The summed E-state index contributed by atoms with van der Waals surface area (Å²) in [5, 5.41) is 0. The summed E-state index contributed by atoms with van der Waals surface area (Å²) in [6, 6.07) is 1.13. The summed E-state index contributed by atoms with van der Waals surface area (Å²) in [6.07, 6.45) is -1.21. The van der Waals surface area contributed by atoms with Gasteiger partial charge in [-0.05, 0) is 31.4 Å². The molecule has 3 atom stereocenters. The highest BCUT2D eigenvalue weighted by Crippen LogP contribution is 2.36. The highest BCUT2D eigenvalue weighted by Gasteiger charge is 2.48. The van der Waals surface area contributed by atoms with Crippen molar-refractivity contribution >= 4 is 17.5 Å². The Morgan fingerprint density at radius 1 is 1.34 bits per heavy atom. The molecule has 3 aliphatic rings. The van der Waals surface area contributed by atoms with Gasteiger partial charge in [-0.15, -0.1) is 0 Å². The molecular formula is C21H22F3N5O3. The summed E-state index contributed by atoms with van der Waals surface area (Å²) in [4.78, 5) is 37.0. The number of fused-ring (bicyclic) bond motifs is 3. The maximum Gasteiger partial charge on any atom is 0.408 e. The fourth-order valence-electron chi connectivity index (χ4n) is 4.80. The molecule has 2 aromatic heterocycles. The van der Waals surface area contributed by atoms with E-state index in [1.165, 1.54) is 23.0 Å². The number of anilines is 2. The molecule has 11 heteroatoms. The Hall–Kier alpha value is -2.95. The number of alkyl halides is 3. The zero-order valence-electron chi connectivity index (χ0n) is 17.4. The quantitative estimate of drug-likeness (QED) is 0.660. The predicted octanol–water partition coefficient (Wildman–Crippen LogP) is 1.95. The van der Waals surface area contributed by atoms with Crippen LogP contribution in [0, 0.1) is 6.92 Å². The normalized spacial score (nSPS) is 24.7.